The van der Waals surface area contributed by atoms with E-state index in [0.29, 0.717) is 5.78 Å². The lowest BCUT2D eigenvalue weighted by Crippen LogP contribution is -2.03. The van der Waals surface area contributed by atoms with E-state index in [9.17, 15) is 4.79 Å². The van der Waals surface area contributed by atoms with Gasteiger partial charge >= 0.3 is 0 Å². The summed E-state index contributed by atoms with van der Waals surface area (Å²) in [6.07, 6.45) is 10.3. The molecule has 0 unspecified atom stereocenters. The average Bonchev–Trinajstić information content (AvgIpc) is 2.28. The maximum absolute atomic E-state index is 11.9. The molecule has 1 nitrogen and oxygen atoms in total. The zero-order valence-corrected chi connectivity index (χ0v) is 10.9. The molecule has 0 heterocycles. The van der Waals surface area contributed by atoms with Gasteiger partial charge in [-0.2, -0.15) is 0 Å². The van der Waals surface area contributed by atoms with Crippen molar-refractivity contribution < 1.29 is 4.79 Å². The predicted molar refractivity (Wildman–Crippen MR) is 69.5 cm³/mol. The Bertz CT molecular complexity index is 307. The van der Waals surface area contributed by atoms with Crippen molar-refractivity contribution in [1.82, 2.24) is 0 Å². The Balaban J connectivity index is 2.83. The van der Waals surface area contributed by atoms with Crippen molar-refractivity contribution in [2.24, 2.45) is 0 Å². The van der Waals surface area contributed by atoms with Crippen molar-refractivity contribution in [2.45, 2.75) is 65.7 Å². The number of hydrogen-bond donors (Lipinski definition) is 0. The molecule has 90 valence electrons. The lowest BCUT2D eigenvalue weighted by Gasteiger charge is -2.09. The minimum absolute atomic E-state index is 0.339. The van der Waals surface area contributed by atoms with Gasteiger partial charge in [0.15, 0.2) is 5.78 Å². The van der Waals surface area contributed by atoms with Gasteiger partial charge in [0.1, 0.15) is 0 Å². The second-order valence-corrected chi connectivity index (χ2v) is 4.87. The molecular formula is C15H24O. The molecule has 0 atom stereocenters. The zero-order valence-electron chi connectivity index (χ0n) is 10.9. The summed E-state index contributed by atoms with van der Waals surface area (Å²) in [6, 6.07) is 0. The van der Waals surface area contributed by atoms with Crippen LogP contribution in [-0.2, 0) is 4.79 Å². The van der Waals surface area contributed by atoms with Crippen LogP contribution in [0.4, 0.5) is 0 Å². The Kier molecular flexibility index (Phi) is 5.51. The highest BCUT2D eigenvalue weighted by atomic mass is 16.1. The van der Waals surface area contributed by atoms with Gasteiger partial charge in [0, 0.05) is 6.42 Å². The van der Waals surface area contributed by atoms with Gasteiger partial charge in [-0.05, 0) is 51.2 Å². The molecular weight excluding hydrogens is 196 g/mol. The maximum atomic E-state index is 11.9. The molecule has 1 aliphatic rings. The van der Waals surface area contributed by atoms with Crippen molar-refractivity contribution in [3.05, 3.63) is 22.8 Å². The van der Waals surface area contributed by atoms with Crippen LogP contribution in [0, 0.1) is 0 Å². The van der Waals surface area contributed by atoms with Crippen LogP contribution in [-0.4, -0.2) is 5.78 Å². The third-order valence-electron chi connectivity index (χ3n) is 3.63. The molecule has 0 N–H and O–H groups in total. The van der Waals surface area contributed by atoms with Crippen LogP contribution in [0.5, 0.6) is 0 Å². The summed E-state index contributed by atoms with van der Waals surface area (Å²) in [5.74, 6) is 0.339. The van der Waals surface area contributed by atoms with E-state index in [4.69, 9.17) is 0 Å². The second-order valence-electron chi connectivity index (χ2n) is 4.87. The number of carbonyl (C=O) groups excluding carboxylic acids is 1. The van der Waals surface area contributed by atoms with Crippen LogP contribution >= 0.6 is 0 Å². The smallest absolute Gasteiger partial charge is 0.158 e. The molecule has 16 heavy (non-hydrogen) atoms. The van der Waals surface area contributed by atoms with Crippen LogP contribution in [0.3, 0.4) is 0 Å². The topological polar surface area (TPSA) is 17.1 Å². The molecule has 0 bridgehead atoms. The van der Waals surface area contributed by atoms with E-state index in [0.717, 1.165) is 24.8 Å². The van der Waals surface area contributed by atoms with Crippen LogP contribution in [0.25, 0.3) is 0 Å². The van der Waals surface area contributed by atoms with Gasteiger partial charge in [-0.15, -0.1) is 0 Å². The summed E-state index contributed by atoms with van der Waals surface area (Å²) in [4.78, 5) is 11.9. The second kappa shape index (κ2) is 6.67. The summed E-state index contributed by atoms with van der Waals surface area (Å²) in [7, 11) is 0. The van der Waals surface area contributed by atoms with Crippen LogP contribution in [0.2, 0.25) is 0 Å². The van der Waals surface area contributed by atoms with Crippen LogP contribution in [0.15, 0.2) is 22.8 Å². The summed E-state index contributed by atoms with van der Waals surface area (Å²) < 4.78 is 0. The zero-order chi connectivity index (χ0) is 12.0. The van der Waals surface area contributed by atoms with E-state index in [1.807, 2.05) is 6.92 Å². The number of rotatable bonds is 0. The van der Waals surface area contributed by atoms with E-state index < -0.39 is 0 Å². The summed E-state index contributed by atoms with van der Waals surface area (Å²) in [5.41, 5.74) is 3.44. The van der Waals surface area contributed by atoms with Crippen molar-refractivity contribution in [1.29, 1.82) is 0 Å². The van der Waals surface area contributed by atoms with E-state index in [2.05, 4.69) is 19.9 Å². The number of ketones is 1. The first-order valence-electron chi connectivity index (χ1n) is 6.50. The van der Waals surface area contributed by atoms with Gasteiger partial charge in [-0.3, -0.25) is 4.79 Å². The molecule has 0 aromatic carbocycles. The van der Waals surface area contributed by atoms with Gasteiger partial charge in [-0.1, -0.05) is 30.9 Å². The number of hydrogen-bond acceptors (Lipinski definition) is 1. The van der Waals surface area contributed by atoms with Gasteiger partial charge in [0.05, 0.1) is 0 Å². The molecule has 0 aromatic heterocycles. The molecule has 0 spiro atoms. The Hall–Kier alpha value is -0.850. The minimum Gasteiger partial charge on any atom is -0.295 e. The highest BCUT2D eigenvalue weighted by Gasteiger charge is 2.09. The molecule has 0 fully saturated rings. The molecule has 0 aliphatic heterocycles. The molecule has 0 saturated carbocycles. The minimum atomic E-state index is 0.339. The normalized spacial score (nSPS) is 28.9. The monoisotopic (exact) mass is 220 g/mol. The number of carbonyl (C=O) groups is 1. The highest BCUT2D eigenvalue weighted by Crippen LogP contribution is 2.19. The first-order chi connectivity index (χ1) is 7.63. The maximum Gasteiger partial charge on any atom is 0.158 e. The lowest BCUT2D eigenvalue weighted by molar-refractivity contribution is -0.115. The lowest BCUT2D eigenvalue weighted by atomic mass is 9.95. The summed E-state index contributed by atoms with van der Waals surface area (Å²) in [6.45, 7) is 6.17. The Morgan fingerprint density at radius 3 is 2.25 bits per heavy atom. The first kappa shape index (κ1) is 13.2. The standard InChI is InChI=1S/C15H24O/c1-12-10-8-6-4-5-7-9-11-15(16)14(3)13(12)2/h10H,4-9,11H2,1-3H3/b12-10-,14-13-. The van der Waals surface area contributed by atoms with Gasteiger partial charge in [0.25, 0.3) is 0 Å². The van der Waals surface area contributed by atoms with Crippen molar-refractivity contribution in [3.8, 4) is 0 Å². The van der Waals surface area contributed by atoms with E-state index in [-0.39, 0.29) is 0 Å². The largest absolute Gasteiger partial charge is 0.295 e. The van der Waals surface area contributed by atoms with Crippen molar-refractivity contribution in [2.75, 3.05) is 0 Å². The molecule has 0 saturated heterocycles. The SMILES string of the molecule is CC1=C/CCCCCCCC(=O)/C(C)=C\1C. The van der Waals surface area contributed by atoms with Gasteiger partial charge in [-0.25, -0.2) is 0 Å². The summed E-state index contributed by atoms with van der Waals surface area (Å²) in [5, 5.41) is 0. The van der Waals surface area contributed by atoms with E-state index in [1.54, 1.807) is 0 Å². The van der Waals surface area contributed by atoms with Crippen molar-refractivity contribution >= 4 is 5.78 Å². The molecule has 0 amide bonds. The van der Waals surface area contributed by atoms with Gasteiger partial charge < -0.3 is 0 Å². The Labute approximate surface area is 99.6 Å². The highest BCUT2D eigenvalue weighted by molar-refractivity contribution is 5.96. The first-order valence-corrected chi connectivity index (χ1v) is 6.50. The fourth-order valence-electron chi connectivity index (χ4n) is 2.12. The molecule has 1 aliphatic carbocycles. The van der Waals surface area contributed by atoms with Gasteiger partial charge in [0.2, 0.25) is 0 Å². The third-order valence-corrected chi connectivity index (χ3v) is 3.63. The predicted octanol–water partition coefficient (Wildman–Crippen LogP) is 4.58. The fraction of sp³-hybridized carbons (Fsp3) is 0.667. The molecule has 0 aromatic rings. The van der Waals surface area contributed by atoms with Crippen molar-refractivity contribution in [3.63, 3.8) is 0 Å². The quantitative estimate of drug-likeness (QED) is 0.584. The number of Topliss-reactive ketones (excluding diaryl/α,β-unsaturated/α-hetero) is 1. The number of allylic oxidation sites excluding steroid dienone is 4. The summed E-state index contributed by atoms with van der Waals surface area (Å²) >= 11 is 0. The Morgan fingerprint density at radius 2 is 1.50 bits per heavy atom. The average molecular weight is 220 g/mol. The molecule has 0 radical (unpaired) electrons. The third kappa shape index (κ3) is 3.96. The molecule has 1 heteroatoms. The van der Waals surface area contributed by atoms with Crippen LogP contribution in [0.1, 0.15) is 65.7 Å². The molecule has 1 rings (SSSR count). The Morgan fingerprint density at radius 1 is 0.875 bits per heavy atom. The fourth-order valence-corrected chi connectivity index (χ4v) is 2.12. The van der Waals surface area contributed by atoms with E-state index in [1.165, 1.54) is 36.8 Å². The van der Waals surface area contributed by atoms with E-state index >= 15 is 0 Å². The van der Waals surface area contributed by atoms with Crippen LogP contribution < -0.4 is 0 Å².